The monoisotopic (exact) mass is 280 g/mol. The maximum atomic E-state index is 13.8. The van der Waals surface area contributed by atoms with Crippen LogP contribution in [-0.2, 0) is 13.3 Å². The molecule has 1 aromatic carbocycles. The van der Waals surface area contributed by atoms with Gasteiger partial charge in [0.1, 0.15) is 17.5 Å². The topological polar surface area (TPSA) is 27.7 Å². The van der Waals surface area contributed by atoms with Crippen LogP contribution in [0.25, 0.3) is 0 Å². The zero-order valence-corrected chi connectivity index (χ0v) is 11.4. The van der Waals surface area contributed by atoms with Crippen LogP contribution in [0.2, 0.25) is 0 Å². The molecule has 0 atom stereocenters. The highest BCUT2D eigenvalue weighted by Gasteiger charge is 2.47. The van der Waals surface area contributed by atoms with Gasteiger partial charge in [-0.05, 0) is 13.8 Å². The maximum absolute atomic E-state index is 13.8. The first kappa shape index (κ1) is 15.2. The number of rotatable bonds is 6. The smallest absolute Gasteiger partial charge is 0.373 e. The van der Waals surface area contributed by atoms with Crippen molar-refractivity contribution >= 4 is 14.0 Å². The van der Waals surface area contributed by atoms with E-state index in [1.54, 1.807) is 13.8 Å². The summed E-state index contributed by atoms with van der Waals surface area (Å²) in [6.07, 6.45) is 0. The molecule has 1 aromatic rings. The van der Waals surface area contributed by atoms with Crippen LogP contribution in [0.3, 0.4) is 0 Å². The summed E-state index contributed by atoms with van der Waals surface area (Å²) in [6, 6.07) is 1.16. The molecule has 0 aromatic heterocycles. The van der Waals surface area contributed by atoms with Gasteiger partial charge in [-0.3, -0.25) is 0 Å². The lowest BCUT2D eigenvalue weighted by Crippen LogP contribution is -2.58. The van der Waals surface area contributed by atoms with Crippen molar-refractivity contribution in [1.82, 2.24) is 0 Å². The number of hydrogen-bond acceptors (Lipinski definition) is 3. The highest BCUT2D eigenvalue weighted by Crippen LogP contribution is 2.15. The minimum Gasteiger partial charge on any atom is -0.373 e. The Bertz CT molecular complexity index is 386. The molecule has 0 radical (unpaired) electrons. The molecule has 0 heterocycles. The van der Waals surface area contributed by atoms with E-state index in [-0.39, 0.29) is 13.2 Å². The molecule has 0 spiro atoms. The largest absolute Gasteiger partial charge is 0.542 e. The fraction of sp³-hybridized carbons (Fsp3) is 0.455. The summed E-state index contributed by atoms with van der Waals surface area (Å²) in [5.41, 5.74) is 0. The maximum Gasteiger partial charge on any atom is 0.542 e. The van der Waals surface area contributed by atoms with Crippen LogP contribution in [0.5, 0.6) is 0 Å². The van der Waals surface area contributed by atoms with E-state index < -0.39 is 31.4 Å². The molecular formula is C11H15F3O3Si. The Kier molecular flexibility index (Phi) is 5.33. The molecular weight excluding hydrogens is 265 g/mol. The molecule has 0 unspecified atom stereocenters. The molecule has 0 amide bonds. The van der Waals surface area contributed by atoms with Gasteiger partial charge in [0.2, 0.25) is 0 Å². The Morgan fingerprint density at radius 2 is 1.44 bits per heavy atom. The Hall–Kier alpha value is -0.893. The van der Waals surface area contributed by atoms with Gasteiger partial charge in [0.05, 0.1) is 5.19 Å². The predicted octanol–water partition coefficient (Wildman–Crippen LogP) is 1.97. The van der Waals surface area contributed by atoms with E-state index in [2.05, 4.69) is 0 Å². The number of halogens is 3. The second kappa shape index (κ2) is 6.33. The Morgan fingerprint density at radius 3 is 1.78 bits per heavy atom. The minimum atomic E-state index is -3.67. The summed E-state index contributed by atoms with van der Waals surface area (Å²) < 4.78 is 56.1. The second-order valence-electron chi connectivity index (χ2n) is 3.37. The van der Waals surface area contributed by atoms with Crippen LogP contribution in [0, 0.1) is 17.5 Å². The molecule has 102 valence electrons. The van der Waals surface area contributed by atoms with Gasteiger partial charge in [0, 0.05) is 32.5 Å². The third-order valence-corrected chi connectivity index (χ3v) is 5.22. The fourth-order valence-corrected chi connectivity index (χ4v) is 3.92. The van der Waals surface area contributed by atoms with Gasteiger partial charge in [-0.2, -0.15) is 0 Å². The van der Waals surface area contributed by atoms with Gasteiger partial charge in [0.15, 0.2) is 0 Å². The van der Waals surface area contributed by atoms with Crippen molar-refractivity contribution in [3.05, 3.63) is 29.6 Å². The summed E-state index contributed by atoms with van der Waals surface area (Å²) in [5, 5.41) is -0.463. The van der Waals surface area contributed by atoms with Gasteiger partial charge in [0.25, 0.3) is 0 Å². The molecule has 1 rings (SSSR count). The van der Waals surface area contributed by atoms with Crippen molar-refractivity contribution < 1.29 is 26.4 Å². The number of hydrogen-bond donors (Lipinski definition) is 0. The van der Waals surface area contributed by atoms with Crippen LogP contribution in [0.1, 0.15) is 13.8 Å². The average Bonchev–Trinajstić information content (AvgIpc) is 2.27. The predicted molar refractivity (Wildman–Crippen MR) is 62.0 cm³/mol. The van der Waals surface area contributed by atoms with Crippen molar-refractivity contribution in [2.75, 3.05) is 20.3 Å². The third kappa shape index (κ3) is 2.92. The fourth-order valence-electron chi connectivity index (χ4n) is 1.62. The van der Waals surface area contributed by atoms with E-state index in [1.165, 1.54) is 7.11 Å². The molecule has 0 aliphatic rings. The van der Waals surface area contributed by atoms with Crippen LogP contribution in [-0.4, -0.2) is 29.1 Å². The van der Waals surface area contributed by atoms with E-state index in [0.717, 1.165) is 0 Å². The van der Waals surface area contributed by atoms with E-state index in [4.69, 9.17) is 13.3 Å². The van der Waals surface area contributed by atoms with Crippen LogP contribution in [0.15, 0.2) is 12.1 Å². The Labute approximate surface area is 105 Å². The van der Waals surface area contributed by atoms with E-state index in [9.17, 15) is 13.2 Å². The first-order valence-corrected chi connectivity index (χ1v) is 7.21. The zero-order chi connectivity index (χ0) is 13.8. The van der Waals surface area contributed by atoms with Crippen LogP contribution >= 0.6 is 0 Å². The zero-order valence-electron chi connectivity index (χ0n) is 10.4. The molecule has 7 heteroatoms. The number of benzene rings is 1. The van der Waals surface area contributed by atoms with E-state index in [1.807, 2.05) is 0 Å². The summed E-state index contributed by atoms with van der Waals surface area (Å²) in [7, 11) is -2.42. The van der Waals surface area contributed by atoms with Gasteiger partial charge in [-0.15, -0.1) is 0 Å². The molecule has 0 bridgehead atoms. The first-order valence-electron chi connectivity index (χ1n) is 5.48. The lowest BCUT2D eigenvalue weighted by atomic mass is 10.3. The SMILES string of the molecule is CCO[Si](OC)(OCC)c1c(F)cc(F)cc1F. The highest BCUT2D eigenvalue weighted by atomic mass is 28.4. The molecule has 0 fully saturated rings. The first-order chi connectivity index (χ1) is 8.50. The summed E-state index contributed by atoms with van der Waals surface area (Å²) >= 11 is 0. The third-order valence-electron chi connectivity index (χ3n) is 2.25. The van der Waals surface area contributed by atoms with Gasteiger partial charge in [-0.25, -0.2) is 13.2 Å². The van der Waals surface area contributed by atoms with Gasteiger partial charge < -0.3 is 13.3 Å². The summed E-state index contributed by atoms with van der Waals surface area (Å²) in [5.74, 6) is -3.13. The highest BCUT2D eigenvalue weighted by molar-refractivity contribution is 6.75. The van der Waals surface area contributed by atoms with Crippen molar-refractivity contribution in [3.63, 3.8) is 0 Å². The average molecular weight is 280 g/mol. The summed E-state index contributed by atoms with van der Waals surface area (Å²) in [4.78, 5) is 0. The molecule has 0 saturated heterocycles. The van der Waals surface area contributed by atoms with E-state index in [0.29, 0.717) is 12.1 Å². The van der Waals surface area contributed by atoms with Gasteiger partial charge >= 0.3 is 8.80 Å². The van der Waals surface area contributed by atoms with Crippen molar-refractivity contribution in [2.45, 2.75) is 13.8 Å². The van der Waals surface area contributed by atoms with Crippen LogP contribution < -0.4 is 5.19 Å². The molecule has 3 nitrogen and oxygen atoms in total. The lowest BCUT2D eigenvalue weighted by molar-refractivity contribution is 0.100. The van der Waals surface area contributed by atoms with Crippen molar-refractivity contribution in [3.8, 4) is 0 Å². The second-order valence-corrected chi connectivity index (χ2v) is 5.97. The van der Waals surface area contributed by atoms with E-state index >= 15 is 0 Å². The Morgan fingerprint density at radius 1 is 1.00 bits per heavy atom. The Balaban J connectivity index is 3.36. The molecule has 0 saturated carbocycles. The summed E-state index contributed by atoms with van der Waals surface area (Å²) in [6.45, 7) is 3.63. The minimum absolute atomic E-state index is 0.163. The molecule has 0 aliphatic heterocycles. The van der Waals surface area contributed by atoms with Crippen molar-refractivity contribution in [2.24, 2.45) is 0 Å². The normalized spacial score (nSPS) is 11.9. The standard InChI is InChI=1S/C11H15F3O3Si/c1-4-16-18(15-3,17-5-2)11-9(13)6-8(12)7-10(11)14/h6-7H,4-5H2,1-3H3. The quantitative estimate of drug-likeness (QED) is 0.746. The van der Waals surface area contributed by atoms with Crippen molar-refractivity contribution in [1.29, 1.82) is 0 Å². The lowest BCUT2D eigenvalue weighted by Gasteiger charge is -2.27. The molecule has 18 heavy (non-hydrogen) atoms. The van der Waals surface area contributed by atoms with Crippen LogP contribution in [0.4, 0.5) is 13.2 Å². The van der Waals surface area contributed by atoms with Gasteiger partial charge in [-0.1, -0.05) is 0 Å². The molecule has 0 aliphatic carbocycles. The molecule has 0 N–H and O–H groups in total.